The number of pyridine rings is 1. The van der Waals surface area contributed by atoms with Crippen molar-refractivity contribution in [1.29, 1.82) is 0 Å². The molecule has 0 aliphatic carbocycles. The van der Waals surface area contributed by atoms with Gasteiger partial charge in [-0.3, -0.25) is 14.0 Å². The lowest BCUT2D eigenvalue weighted by molar-refractivity contribution is -0.917. The van der Waals surface area contributed by atoms with Gasteiger partial charge in [-0.25, -0.2) is 4.98 Å². The topological polar surface area (TPSA) is 59.1 Å². The van der Waals surface area contributed by atoms with Gasteiger partial charge in [0.15, 0.2) is 0 Å². The molecule has 27 heavy (non-hydrogen) atoms. The first-order valence-corrected chi connectivity index (χ1v) is 9.27. The highest BCUT2D eigenvalue weighted by Gasteiger charge is 2.25. The molecule has 0 spiro atoms. The fourth-order valence-corrected chi connectivity index (χ4v) is 3.57. The van der Waals surface area contributed by atoms with Crippen LogP contribution in [0.5, 0.6) is 0 Å². The smallest absolute Gasteiger partial charge is 0.258 e. The molecular weight excluding hydrogens is 340 g/mol. The second kappa shape index (κ2) is 7.32. The van der Waals surface area contributed by atoms with Gasteiger partial charge in [0.25, 0.3) is 11.5 Å². The number of rotatable bonds is 3. The van der Waals surface area contributed by atoms with Crippen LogP contribution in [0.2, 0.25) is 0 Å². The highest BCUT2D eigenvalue weighted by atomic mass is 16.2. The monoisotopic (exact) mass is 363 g/mol. The fourth-order valence-electron chi connectivity index (χ4n) is 3.57. The van der Waals surface area contributed by atoms with Gasteiger partial charge in [0, 0.05) is 17.8 Å². The summed E-state index contributed by atoms with van der Waals surface area (Å²) < 4.78 is 1.59. The van der Waals surface area contributed by atoms with E-state index in [1.807, 2.05) is 60.5 Å². The van der Waals surface area contributed by atoms with Crippen molar-refractivity contribution in [1.82, 2.24) is 14.3 Å². The van der Waals surface area contributed by atoms with E-state index in [-0.39, 0.29) is 11.5 Å². The van der Waals surface area contributed by atoms with Gasteiger partial charge in [0.2, 0.25) is 0 Å². The molecule has 0 unspecified atom stereocenters. The molecule has 0 saturated carbocycles. The molecule has 2 aromatic heterocycles. The number of piperazine rings is 1. The number of nitrogens with one attached hydrogen (secondary N) is 1. The molecule has 1 N–H and O–H groups in total. The van der Waals surface area contributed by atoms with Gasteiger partial charge in [0.1, 0.15) is 17.9 Å². The van der Waals surface area contributed by atoms with Crippen LogP contribution in [-0.2, 0) is 6.54 Å². The van der Waals surface area contributed by atoms with Crippen LogP contribution in [0.15, 0.2) is 59.5 Å². The second-order valence-corrected chi connectivity index (χ2v) is 7.11. The number of benzene rings is 1. The van der Waals surface area contributed by atoms with Crippen LogP contribution >= 0.6 is 0 Å². The van der Waals surface area contributed by atoms with E-state index in [0.717, 1.165) is 43.0 Å². The van der Waals surface area contributed by atoms with E-state index in [9.17, 15) is 9.59 Å². The molecule has 6 nitrogen and oxygen atoms in total. The van der Waals surface area contributed by atoms with Gasteiger partial charge in [-0.05, 0) is 30.7 Å². The molecule has 0 bridgehead atoms. The SMILES string of the molecule is Cc1ccc2nc(C[NH+]3CCN(C(=O)c4ccccc4)CC3)cc(=O)n2c1. The van der Waals surface area contributed by atoms with Crippen molar-refractivity contribution in [3.8, 4) is 0 Å². The minimum atomic E-state index is -0.0454. The third-order valence-electron chi connectivity index (χ3n) is 5.07. The minimum Gasteiger partial charge on any atom is -0.327 e. The van der Waals surface area contributed by atoms with Crippen molar-refractivity contribution in [2.24, 2.45) is 0 Å². The molecule has 1 amide bonds. The first-order chi connectivity index (χ1) is 13.1. The number of amides is 1. The zero-order valence-electron chi connectivity index (χ0n) is 15.4. The Bertz CT molecular complexity index is 1020. The first-order valence-electron chi connectivity index (χ1n) is 9.27. The second-order valence-electron chi connectivity index (χ2n) is 7.11. The van der Waals surface area contributed by atoms with Crippen molar-refractivity contribution < 1.29 is 9.69 Å². The maximum atomic E-state index is 12.5. The molecular formula is C21H23N4O2+. The normalized spacial score (nSPS) is 15.2. The number of carbonyl (C=O) groups excluding carboxylic acids is 1. The lowest BCUT2D eigenvalue weighted by Crippen LogP contribution is -3.13. The van der Waals surface area contributed by atoms with Gasteiger partial charge in [-0.15, -0.1) is 0 Å². The Hall–Kier alpha value is -2.99. The van der Waals surface area contributed by atoms with Crippen LogP contribution in [0.1, 0.15) is 21.6 Å². The number of aromatic nitrogens is 2. The molecule has 138 valence electrons. The third kappa shape index (κ3) is 3.75. The molecule has 1 aromatic carbocycles. The van der Waals surface area contributed by atoms with Crippen LogP contribution < -0.4 is 10.5 Å². The van der Waals surface area contributed by atoms with Gasteiger partial charge >= 0.3 is 0 Å². The van der Waals surface area contributed by atoms with Gasteiger partial charge in [-0.2, -0.15) is 0 Å². The predicted molar refractivity (Wildman–Crippen MR) is 103 cm³/mol. The van der Waals surface area contributed by atoms with E-state index in [4.69, 9.17) is 0 Å². The number of quaternary nitrogens is 1. The molecule has 6 heteroatoms. The van der Waals surface area contributed by atoms with E-state index in [1.54, 1.807) is 10.5 Å². The summed E-state index contributed by atoms with van der Waals surface area (Å²) in [6.45, 7) is 5.80. The summed E-state index contributed by atoms with van der Waals surface area (Å²) in [6, 6.07) is 14.9. The molecule has 1 saturated heterocycles. The molecule has 4 rings (SSSR count). The summed E-state index contributed by atoms with van der Waals surface area (Å²) in [5.74, 6) is 0.0899. The standard InChI is InChI=1S/C21H22N4O2/c1-16-7-8-19-22-18(13-20(26)25(19)14-16)15-23-9-11-24(12-10-23)21(27)17-5-3-2-4-6-17/h2-8,13-14H,9-12,15H2,1H3/p+1. The summed E-state index contributed by atoms with van der Waals surface area (Å²) in [6.07, 6.45) is 1.81. The van der Waals surface area contributed by atoms with E-state index in [2.05, 4.69) is 4.98 Å². The number of hydrogen-bond donors (Lipinski definition) is 1. The van der Waals surface area contributed by atoms with Crippen molar-refractivity contribution in [2.75, 3.05) is 26.2 Å². The van der Waals surface area contributed by atoms with Crippen LogP contribution in [0.25, 0.3) is 5.65 Å². The zero-order valence-corrected chi connectivity index (χ0v) is 15.4. The average molecular weight is 363 g/mol. The molecule has 1 aliphatic heterocycles. The Morgan fingerprint density at radius 2 is 1.85 bits per heavy atom. The number of fused-ring (bicyclic) bond motifs is 1. The molecule has 3 aromatic rings. The number of aryl methyl sites for hydroxylation is 1. The predicted octanol–water partition coefficient (Wildman–Crippen LogP) is 0.544. The maximum absolute atomic E-state index is 12.5. The quantitative estimate of drug-likeness (QED) is 0.739. The molecule has 0 radical (unpaired) electrons. The van der Waals surface area contributed by atoms with E-state index >= 15 is 0 Å². The van der Waals surface area contributed by atoms with Crippen molar-refractivity contribution in [3.05, 3.63) is 81.9 Å². The van der Waals surface area contributed by atoms with E-state index in [1.165, 1.54) is 4.90 Å². The maximum Gasteiger partial charge on any atom is 0.258 e. The average Bonchev–Trinajstić information content (AvgIpc) is 2.69. The Kier molecular flexibility index (Phi) is 4.73. The number of nitrogens with zero attached hydrogens (tertiary/aromatic N) is 3. The summed E-state index contributed by atoms with van der Waals surface area (Å²) in [4.78, 5) is 32.8. The number of carbonyl (C=O) groups is 1. The molecule has 1 aliphatic rings. The molecule has 1 fully saturated rings. The highest BCUT2D eigenvalue weighted by molar-refractivity contribution is 5.94. The van der Waals surface area contributed by atoms with Crippen LogP contribution in [0, 0.1) is 6.92 Å². The van der Waals surface area contributed by atoms with Crippen LogP contribution in [-0.4, -0.2) is 46.4 Å². The summed E-state index contributed by atoms with van der Waals surface area (Å²) in [5.41, 5.74) is 3.21. The Morgan fingerprint density at radius 1 is 1.11 bits per heavy atom. The van der Waals surface area contributed by atoms with Crippen LogP contribution in [0.4, 0.5) is 0 Å². The lowest BCUT2D eigenvalue weighted by Gasteiger charge is -2.32. The summed E-state index contributed by atoms with van der Waals surface area (Å²) >= 11 is 0. The zero-order chi connectivity index (χ0) is 18.8. The van der Waals surface area contributed by atoms with Gasteiger partial charge in [0.05, 0.1) is 26.2 Å². The highest BCUT2D eigenvalue weighted by Crippen LogP contribution is 2.05. The number of hydrogen-bond acceptors (Lipinski definition) is 3. The van der Waals surface area contributed by atoms with E-state index in [0.29, 0.717) is 12.2 Å². The first kappa shape index (κ1) is 17.4. The lowest BCUT2D eigenvalue weighted by atomic mass is 10.2. The van der Waals surface area contributed by atoms with Crippen LogP contribution in [0.3, 0.4) is 0 Å². The largest absolute Gasteiger partial charge is 0.327 e. The summed E-state index contributed by atoms with van der Waals surface area (Å²) in [7, 11) is 0. The van der Waals surface area contributed by atoms with Crippen molar-refractivity contribution >= 4 is 11.6 Å². The fraction of sp³-hybridized carbons (Fsp3) is 0.286. The van der Waals surface area contributed by atoms with Crippen molar-refractivity contribution in [3.63, 3.8) is 0 Å². The van der Waals surface area contributed by atoms with E-state index < -0.39 is 0 Å². The molecule has 3 heterocycles. The third-order valence-corrected chi connectivity index (χ3v) is 5.07. The Balaban J connectivity index is 1.42. The Labute approximate surface area is 157 Å². The summed E-state index contributed by atoms with van der Waals surface area (Å²) in [5, 5.41) is 0. The van der Waals surface area contributed by atoms with Gasteiger partial charge < -0.3 is 9.80 Å². The minimum absolute atomic E-state index is 0.0454. The van der Waals surface area contributed by atoms with Crippen molar-refractivity contribution in [2.45, 2.75) is 13.5 Å². The molecule has 0 atom stereocenters. The Morgan fingerprint density at radius 3 is 2.59 bits per heavy atom. The van der Waals surface area contributed by atoms with Gasteiger partial charge in [-0.1, -0.05) is 24.3 Å².